The van der Waals surface area contributed by atoms with Crippen LogP contribution in [0, 0.1) is 11.3 Å². The van der Waals surface area contributed by atoms with Gasteiger partial charge in [-0.2, -0.15) is 5.26 Å². The van der Waals surface area contributed by atoms with E-state index in [0.717, 1.165) is 12.8 Å². The summed E-state index contributed by atoms with van der Waals surface area (Å²) in [4.78, 5) is 12.0. The minimum absolute atomic E-state index is 0.0969. The number of benzene rings is 1. The van der Waals surface area contributed by atoms with E-state index in [-0.39, 0.29) is 11.9 Å². The molecule has 0 saturated heterocycles. The van der Waals surface area contributed by atoms with Gasteiger partial charge in [0.15, 0.2) is 0 Å². The van der Waals surface area contributed by atoms with Crippen LogP contribution in [0.2, 0.25) is 0 Å². The molecule has 0 bridgehead atoms. The highest BCUT2D eigenvalue weighted by Gasteiger charge is 2.20. The topological polar surface area (TPSA) is 64.9 Å². The number of nitriles is 1. The Bertz CT molecular complexity index is 543. The third kappa shape index (κ3) is 3.61. The summed E-state index contributed by atoms with van der Waals surface area (Å²) in [6.45, 7) is 2.65. The number of carbonyl (C=O) groups is 1. The van der Waals surface area contributed by atoms with E-state index in [1.54, 1.807) is 0 Å². The summed E-state index contributed by atoms with van der Waals surface area (Å²) in [5.41, 5.74) is 2.20. The summed E-state index contributed by atoms with van der Waals surface area (Å²) in [5, 5.41) is 15.2. The van der Waals surface area contributed by atoms with Gasteiger partial charge in [-0.15, -0.1) is 0 Å². The van der Waals surface area contributed by atoms with Crippen molar-refractivity contribution in [3.63, 3.8) is 0 Å². The second-order valence-electron chi connectivity index (χ2n) is 5.06. The van der Waals surface area contributed by atoms with Gasteiger partial charge < -0.3 is 10.6 Å². The number of hydrogen-bond donors (Lipinski definition) is 2. The monoisotopic (exact) mass is 269 g/mol. The SMILES string of the molecule is CC(Cc1ccccc1)NC1=C(C#N)CCCNC1=O. The molecule has 1 unspecified atom stereocenters. The van der Waals surface area contributed by atoms with Gasteiger partial charge in [-0.05, 0) is 31.7 Å². The molecule has 2 N–H and O–H groups in total. The zero-order valence-corrected chi connectivity index (χ0v) is 11.6. The maximum atomic E-state index is 12.0. The fourth-order valence-corrected chi connectivity index (χ4v) is 2.35. The van der Waals surface area contributed by atoms with Crippen molar-refractivity contribution in [2.24, 2.45) is 0 Å². The number of carbonyl (C=O) groups excluding carboxylic acids is 1. The van der Waals surface area contributed by atoms with E-state index < -0.39 is 0 Å². The van der Waals surface area contributed by atoms with Crippen molar-refractivity contribution in [2.75, 3.05) is 6.54 Å². The predicted octanol–water partition coefficient (Wildman–Crippen LogP) is 1.89. The Labute approximate surface area is 119 Å². The van der Waals surface area contributed by atoms with Crippen molar-refractivity contribution in [3.8, 4) is 6.07 Å². The molecule has 0 radical (unpaired) electrons. The van der Waals surface area contributed by atoms with E-state index in [4.69, 9.17) is 0 Å². The van der Waals surface area contributed by atoms with Crippen molar-refractivity contribution in [3.05, 3.63) is 47.2 Å². The maximum absolute atomic E-state index is 12.0. The van der Waals surface area contributed by atoms with Gasteiger partial charge in [0.05, 0.1) is 11.6 Å². The lowest BCUT2D eigenvalue weighted by atomic mass is 10.1. The fraction of sp³-hybridized carbons (Fsp3) is 0.375. The molecule has 4 nitrogen and oxygen atoms in total. The summed E-state index contributed by atoms with van der Waals surface area (Å²) in [6.07, 6.45) is 2.28. The van der Waals surface area contributed by atoms with E-state index >= 15 is 0 Å². The molecular weight excluding hydrogens is 250 g/mol. The number of nitrogens with one attached hydrogen (secondary N) is 2. The average molecular weight is 269 g/mol. The first-order chi connectivity index (χ1) is 9.70. The van der Waals surface area contributed by atoms with E-state index in [2.05, 4.69) is 28.8 Å². The van der Waals surface area contributed by atoms with Gasteiger partial charge in [-0.1, -0.05) is 30.3 Å². The minimum Gasteiger partial charge on any atom is -0.377 e. The van der Waals surface area contributed by atoms with Crippen LogP contribution in [-0.2, 0) is 11.2 Å². The molecule has 0 aromatic heterocycles. The molecule has 1 heterocycles. The van der Waals surface area contributed by atoms with Crippen molar-refractivity contribution in [2.45, 2.75) is 32.2 Å². The van der Waals surface area contributed by atoms with Crippen LogP contribution in [0.25, 0.3) is 0 Å². The molecule has 104 valence electrons. The first-order valence-corrected chi connectivity index (χ1v) is 6.92. The lowest BCUT2D eigenvalue weighted by Crippen LogP contribution is -2.37. The van der Waals surface area contributed by atoms with Crippen molar-refractivity contribution in [1.29, 1.82) is 5.26 Å². The van der Waals surface area contributed by atoms with E-state index in [0.29, 0.717) is 24.2 Å². The molecule has 0 fully saturated rings. The van der Waals surface area contributed by atoms with Crippen LogP contribution in [0.1, 0.15) is 25.3 Å². The third-order valence-corrected chi connectivity index (χ3v) is 3.33. The quantitative estimate of drug-likeness (QED) is 0.877. The summed E-state index contributed by atoms with van der Waals surface area (Å²) >= 11 is 0. The Morgan fingerprint density at radius 3 is 2.85 bits per heavy atom. The maximum Gasteiger partial charge on any atom is 0.268 e. The summed E-state index contributed by atoms with van der Waals surface area (Å²) in [5.74, 6) is -0.168. The van der Waals surface area contributed by atoms with Crippen LogP contribution in [0.3, 0.4) is 0 Å². The van der Waals surface area contributed by atoms with Crippen molar-refractivity contribution < 1.29 is 4.79 Å². The largest absolute Gasteiger partial charge is 0.377 e. The van der Waals surface area contributed by atoms with E-state index in [1.165, 1.54) is 5.56 Å². The van der Waals surface area contributed by atoms with E-state index in [1.807, 2.05) is 25.1 Å². The van der Waals surface area contributed by atoms with Crippen LogP contribution in [0.4, 0.5) is 0 Å². The lowest BCUT2D eigenvalue weighted by Gasteiger charge is -2.17. The van der Waals surface area contributed by atoms with Crippen molar-refractivity contribution >= 4 is 5.91 Å². The first kappa shape index (κ1) is 14.1. The van der Waals surface area contributed by atoms with Gasteiger partial charge in [0.25, 0.3) is 5.91 Å². The summed E-state index contributed by atoms with van der Waals surface area (Å²) in [7, 11) is 0. The van der Waals surface area contributed by atoms with Gasteiger partial charge in [0.1, 0.15) is 5.70 Å². The van der Waals surface area contributed by atoms with Gasteiger partial charge in [-0.25, -0.2) is 0 Å². The second-order valence-corrected chi connectivity index (χ2v) is 5.06. The summed E-state index contributed by atoms with van der Waals surface area (Å²) in [6, 6.07) is 12.4. The molecule has 20 heavy (non-hydrogen) atoms. The molecule has 1 amide bonds. The van der Waals surface area contributed by atoms with Crippen LogP contribution in [-0.4, -0.2) is 18.5 Å². The molecule has 4 heteroatoms. The molecule has 1 aromatic carbocycles. The third-order valence-electron chi connectivity index (χ3n) is 3.33. The molecule has 0 saturated carbocycles. The second kappa shape index (κ2) is 6.76. The minimum atomic E-state index is -0.168. The normalized spacial score (nSPS) is 16.9. The van der Waals surface area contributed by atoms with Crippen LogP contribution < -0.4 is 10.6 Å². The van der Waals surface area contributed by atoms with Gasteiger partial charge in [0, 0.05) is 12.6 Å². The van der Waals surface area contributed by atoms with Crippen molar-refractivity contribution in [1.82, 2.24) is 10.6 Å². The zero-order valence-electron chi connectivity index (χ0n) is 11.6. The average Bonchev–Trinajstić information content (AvgIpc) is 2.62. The molecular formula is C16H19N3O. The van der Waals surface area contributed by atoms with Gasteiger partial charge >= 0.3 is 0 Å². The number of amides is 1. The molecule has 1 atom stereocenters. The van der Waals surface area contributed by atoms with Gasteiger partial charge in [0.2, 0.25) is 0 Å². The highest BCUT2D eigenvalue weighted by Crippen LogP contribution is 2.13. The predicted molar refractivity (Wildman–Crippen MR) is 77.6 cm³/mol. The van der Waals surface area contributed by atoms with E-state index in [9.17, 15) is 10.1 Å². The lowest BCUT2D eigenvalue weighted by molar-refractivity contribution is -0.117. The Morgan fingerprint density at radius 1 is 1.40 bits per heavy atom. The Hall–Kier alpha value is -2.28. The van der Waals surface area contributed by atoms with Crippen LogP contribution >= 0.6 is 0 Å². The van der Waals surface area contributed by atoms with Gasteiger partial charge in [-0.3, -0.25) is 4.79 Å². The molecule has 0 spiro atoms. The number of allylic oxidation sites excluding steroid dienone is 1. The standard InChI is InChI=1S/C16H19N3O/c1-12(10-13-6-3-2-4-7-13)19-15-14(11-17)8-5-9-18-16(15)20/h2-4,6-7,12,19H,5,8-10H2,1H3,(H,18,20). The fourth-order valence-electron chi connectivity index (χ4n) is 2.35. The smallest absolute Gasteiger partial charge is 0.268 e. The zero-order chi connectivity index (χ0) is 14.4. The number of rotatable bonds is 4. The highest BCUT2D eigenvalue weighted by atomic mass is 16.2. The van der Waals surface area contributed by atoms with Crippen LogP contribution in [0.15, 0.2) is 41.6 Å². The molecule has 0 aliphatic carbocycles. The molecule has 2 rings (SSSR count). The highest BCUT2D eigenvalue weighted by molar-refractivity contribution is 5.94. The number of nitrogens with zero attached hydrogens (tertiary/aromatic N) is 1. The Balaban J connectivity index is 2.08. The molecule has 1 aliphatic rings. The molecule has 1 aromatic rings. The molecule has 1 aliphatic heterocycles. The van der Waals surface area contributed by atoms with Crippen LogP contribution in [0.5, 0.6) is 0 Å². The number of hydrogen-bond acceptors (Lipinski definition) is 3. The Kier molecular flexibility index (Phi) is 4.78. The summed E-state index contributed by atoms with van der Waals surface area (Å²) < 4.78 is 0. The first-order valence-electron chi connectivity index (χ1n) is 6.92. The Morgan fingerprint density at radius 2 is 2.15 bits per heavy atom.